The zero-order valence-electron chi connectivity index (χ0n) is 11.8. The van der Waals surface area contributed by atoms with E-state index in [-0.39, 0.29) is 12.6 Å². The van der Waals surface area contributed by atoms with Crippen LogP contribution in [0.4, 0.5) is 4.79 Å². The van der Waals surface area contributed by atoms with Gasteiger partial charge in [0, 0.05) is 6.54 Å². The monoisotopic (exact) mass is 278 g/mol. The van der Waals surface area contributed by atoms with Gasteiger partial charge >= 0.3 is 6.09 Å². The first-order chi connectivity index (χ1) is 9.58. The van der Waals surface area contributed by atoms with Crippen molar-refractivity contribution < 1.29 is 14.6 Å². The van der Waals surface area contributed by atoms with E-state index in [1.807, 2.05) is 30.3 Å². The van der Waals surface area contributed by atoms with Crippen molar-refractivity contribution in [2.45, 2.75) is 38.0 Å². The summed E-state index contributed by atoms with van der Waals surface area (Å²) in [4.78, 5) is 11.8. The Labute approximate surface area is 119 Å². The number of aliphatic hydroxyl groups is 1. The van der Waals surface area contributed by atoms with Crippen molar-refractivity contribution in [2.75, 3.05) is 13.1 Å². The Morgan fingerprint density at radius 2 is 2.25 bits per heavy atom. The molecule has 3 N–H and O–H groups in total. The number of amides is 1. The second kappa shape index (κ2) is 6.72. The molecule has 2 rings (SSSR count). The van der Waals surface area contributed by atoms with E-state index >= 15 is 0 Å². The Bertz CT molecular complexity index is 434. The molecule has 0 saturated carbocycles. The highest BCUT2D eigenvalue weighted by Gasteiger charge is 2.34. The first kappa shape index (κ1) is 14.8. The van der Waals surface area contributed by atoms with Gasteiger partial charge in [0.15, 0.2) is 0 Å². The van der Waals surface area contributed by atoms with E-state index in [9.17, 15) is 9.90 Å². The van der Waals surface area contributed by atoms with E-state index in [4.69, 9.17) is 4.74 Å². The molecule has 1 amide bonds. The Morgan fingerprint density at radius 1 is 1.50 bits per heavy atom. The molecule has 0 bridgehead atoms. The van der Waals surface area contributed by atoms with Crippen molar-refractivity contribution >= 4 is 6.09 Å². The number of carbonyl (C=O) groups is 1. The molecule has 1 fully saturated rings. The fraction of sp³-hybridized carbons (Fsp3) is 0.533. The quantitative estimate of drug-likeness (QED) is 0.782. The topological polar surface area (TPSA) is 70.6 Å². The van der Waals surface area contributed by atoms with Gasteiger partial charge < -0.3 is 20.5 Å². The third-order valence-electron chi connectivity index (χ3n) is 3.64. The number of hydrogen-bond donors (Lipinski definition) is 3. The molecule has 5 nitrogen and oxygen atoms in total. The molecule has 0 aromatic heterocycles. The van der Waals surface area contributed by atoms with Crippen LogP contribution in [0.2, 0.25) is 0 Å². The number of benzene rings is 1. The zero-order valence-corrected chi connectivity index (χ0v) is 11.8. The second-order valence-corrected chi connectivity index (χ2v) is 5.42. The van der Waals surface area contributed by atoms with Crippen molar-refractivity contribution in [1.29, 1.82) is 0 Å². The summed E-state index contributed by atoms with van der Waals surface area (Å²) in [6.45, 7) is 3.39. The standard InChI is InChI=1S/C15H22N2O3/c1-15(19)8-5-9-16-10-13(15)17-14(18)20-11-12-6-3-2-4-7-12/h2-4,6-7,13,16,19H,5,8-11H2,1H3,(H,17,18)/t13-,15+/m1/s1. The maximum Gasteiger partial charge on any atom is 0.407 e. The highest BCUT2D eigenvalue weighted by molar-refractivity contribution is 5.67. The lowest BCUT2D eigenvalue weighted by Crippen LogP contribution is -2.54. The maximum absolute atomic E-state index is 11.8. The average Bonchev–Trinajstić information content (AvgIpc) is 2.60. The number of hydrogen-bond acceptors (Lipinski definition) is 4. The van der Waals surface area contributed by atoms with Gasteiger partial charge in [0.05, 0.1) is 11.6 Å². The number of nitrogens with one attached hydrogen (secondary N) is 2. The van der Waals surface area contributed by atoms with Gasteiger partial charge in [0.1, 0.15) is 6.61 Å². The fourth-order valence-corrected chi connectivity index (χ4v) is 2.33. The Morgan fingerprint density at radius 3 is 3.00 bits per heavy atom. The van der Waals surface area contributed by atoms with E-state index in [2.05, 4.69) is 10.6 Å². The summed E-state index contributed by atoms with van der Waals surface area (Å²) in [6, 6.07) is 9.17. The van der Waals surface area contributed by atoms with E-state index in [0.717, 1.165) is 18.5 Å². The minimum Gasteiger partial charge on any atom is -0.445 e. The van der Waals surface area contributed by atoms with E-state index in [1.165, 1.54) is 0 Å². The lowest BCUT2D eigenvalue weighted by atomic mass is 9.92. The van der Waals surface area contributed by atoms with Gasteiger partial charge in [0.2, 0.25) is 0 Å². The van der Waals surface area contributed by atoms with Crippen LogP contribution in [-0.4, -0.2) is 35.9 Å². The normalized spacial score (nSPS) is 26.6. The average molecular weight is 278 g/mol. The molecule has 1 aliphatic heterocycles. The smallest absolute Gasteiger partial charge is 0.407 e. The van der Waals surface area contributed by atoms with E-state index in [0.29, 0.717) is 13.0 Å². The summed E-state index contributed by atoms with van der Waals surface area (Å²) in [7, 11) is 0. The van der Waals surface area contributed by atoms with Gasteiger partial charge in [-0.15, -0.1) is 0 Å². The number of carbonyl (C=O) groups excluding carboxylic acids is 1. The summed E-state index contributed by atoms with van der Waals surface area (Å²) in [5.41, 5.74) is 0.0309. The number of ether oxygens (including phenoxy) is 1. The SMILES string of the molecule is C[C@]1(O)CCCNC[C@H]1NC(=O)OCc1ccccc1. The van der Waals surface area contributed by atoms with Crippen molar-refractivity contribution in [3.63, 3.8) is 0 Å². The molecule has 5 heteroatoms. The predicted octanol–water partition coefficient (Wildman–Crippen LogP) is 1.42. The number of alkyl carbamates (subject to hydrolysis) is 1. The zero-order chi connectivity index (χ0) is 14.4. The molecule has 1 aliphatic rings. The van der Waals surface area contributed by atoms with Gasteiger partial charge in [-0.1, -0.05) is 30.3 Å². The van der Waals surface area contributed by atoms with Crippen LogP contribution < -0.4 is 10.6 Å². The summed E-state index contributed by atoms with van der Waals surface area (Å²) in [5, 5.41) is 16.3. The highest BCUT2D eigenvalue weighted by atomic mass is 16.5. The van der Waals surface area contributed by atoms with Gasteiger partial charge in [-0.2, -0.15) is 0 Å². The van der Waals surface area contributed by atoms with Crippen LogP contribution in [-0.2, 0) is 11.3 Å². The molecule has 0 aliphatic carbocycles. The lowest BCUT2D eigenvalue weighted by molar-refractivity contribution is 0.0153. The first-order valence-corrected chi connectivity index (χ1v) is 6.98. The minimum atomic E-state index is -0.907. The molecule has 20 heavy (non-hydrogen) atoms. The summed E-state index contributed by atoms with van der Waals surface area (Å²) in [6.07, 6.45) is 1.05. The number of rotatable bonds is 3. The van der Waals surface area contributed by atoms with Crippen molar-refractivity contribution in [1.82, 2.24) is 10.6 Å². The molecular formula is C15H22N2O3. The van der Waals surface area contributed by atoms with Crippen LogP contribution in [0.3, 0.4) is 0 Å². The van der Waals surface area contributed by atoms with Crippen LogP contribution in [0.1, 0.15) is 25.3 Å². The lowest BCUT2D eigenvalue weighted by Gasteiger charge is -2.31. The molecule has 110 valence electrons. The van der Waals surface area contributed by atoms with Crippen LogP contribution in [0, 0.1) is 0 Å². The van der Waals surface area contributed by atoms with Crippen LogP contribution in [0.15, 0.2) is 30.3 Å². The van der Waals surface area contributed by atoms with Gasteiger partial charge in [-0.3, -0.25) is 0 Å². The first-order valence-electron chi connectivity index (χ1n) is 6.98. The van der Waals surface area contributed by atoms with E-state index in [1.54, 1.807) is 6.92 Å². The van der Waals surface area contributed by atoms with Crippen LogP contribution in [0.5, 0.6) is 0 Å². The molecule has 1 saturated heterocycles. The third-order valence-corrected chi connectivity index (χ3v) is 3.64. The van der Waals surface area contributed by atoms with Crippen molar-refractivity contribution in [3.05, 3.63) is 35.9 Å². The van der Waals surface area contributed by atoms with Gasteiger partial charge in [-0.25, -0.2) is 4.79 Å². The van der Waals surface area contributed by atoms with Gasteiger partial charge in [0.25, 0.3) is 0 Å². The molecule has 0 radical (unpaired) electrons. The maximum atomic E-state index is 11.8. The Hall–Kier alpha value is -1.59. The predicted molar refractivity (Wildman–Crippen MR) is 76.3 cm³/mol. The molecule has 0 unspecified atom stereocenters. The van der Waals surface area contributed by atoms with E-state index < -0.39 is 11.7 Å². The molecular weight excluding hydrogens is 256 g/mol. The summed E-state index contributed by atoms with van der Waals surface area (Å²) < 4.78 is 5.18. The Kier molecular flexibility index (Phi) is 4.98. The molecule has 0 spiro atoms. The minimum absolute atomic E-state index is 0.231. The fourth-order valence-electron chi connectivity index (χ4n) is 2.33. The second-order valence-electron chi connectivity index (χ2n) is 5.42. The summed E-state index contributed by atoms with van der Waals surface area (Å²) >= 11 is 0. The third kappa shape index (κ3) is 4.21. The van der Waals surface area contributed by atoms with Crippen molar-refractivity contribution in [2.24, 2.45) is 0 Å². The Balaban J connectivity index is 1.84. The molecule has 1 aromatic rings. The highest BCUT2D eigenvalue weighted by Crippen LogP contribution is 2.19. The van der Waals surface area contributed by atoms with Crippen LogP contribution in [0.25, 0.3) is 0 Å². The molecule has 1 aromatic carbocycles. The molecule has 2 atom stereocenters. The van der Waals surface area contributed by atoms with Crippen molar-refractivity contribution in [3.8, 4) is 0 Å². The largest absolute Gasteiger partial charge is 0.445 e. The van der Waals surface area contributed by atoms with Gasteiger partial charge in [-0.05, 0) is 31.9 Å². The van der Waals surface area contributed by atoms with Crippen LogP contribution >= 0.6 is 0 Å². The summed E-state index contributed by atoms with van der Waals surface area (Å²) in [5.74, 6) is 0. The molecule has 1 heterocycles.